The number of benzene rings is 1. The Morgan fingerprint density at radius 2 is 2.00 bits per heavy atom. The highest BCUT2D eigenvalue weighted by molar-refractivity contribution is 8.17. The number of rotatable bonds is 3. The molecule has 4 nitrogen and oxygen atoms in total. The Balaban J connectivity index is 1.35. The molecular weight excluding hydrogens is 330 g/mol. The van der Waals surface area contributed by atoms with Crippen LogP contribution >= 0.6 is 11.8 Å². The minimum absolute atomic E-state index is 0.00913. The predicted molar refractivity (Wildman–Crippen MR) is 102 cm³/mol. The maximum Gasteiger partial charge on any atom is 0.261 e. The third-order valence-corrected chi connectivity index (χ3v) is 6.90. The van der Waals surface area contributed by atoms with E-state index in [0.29, 0.717) is 18.4 Å². The SMILES string of the molecule is O=C1N=C(CN2CCCC2c2ccccc2)N=C2SC3=C(CCC3)C12. The molecule has 3 heterocycles. The van der Waals surface area contributed by atoms with Crippen LogP contribution in [0.5, 0.6) is 0 Å². The average molecular weight is 351 g/mol. The zero-order valence-corrected chi connectivity index (χ0v) is 15.0. The first-order chi connectivity index (χ1) is 12.3. The van der Waals surface area contributed by atoms with Crippen LogP contribution in [0.2, 0.25) is 0 Å². The van der Waals surface area contributed by atoms with Crippen LogP contribution in [0.3, 0.4) is 0 Å². The standard InChI is InChI=1S/C20H21N3OS/c24-19-18-14-8-4-10-16(14)25-20(18)22-17(21-19)12-23-11-5-9-15(23)13-6-2-1-3-7-13/h1-3,6-7,15,18H,4-5,8-12H2. The summed E-state index contributed by atoms with van der Waals surface area (Å²) < 4.78 is 0. The van der Waals surface area contributed by atoms with Gasteiger partial charge in [-0.2, -0.15) is 4.99 Å². The molecule has 1 aliphatic carbocycles. The van der Waals surface area contributed by atoms with E-state index in [1.165, 1.54) is 28.9 Å². The number of carbonyl (C=O) groups is 1. The van der Waals surface area contributed by atoms with Gasteiger partial charge in [-0.15, -0.1) is 0 Å². The number of hydrogen-bond donors (Lipinski definition) is 0. The lowest BCUT2D eigenvalue weighted by Crippen LogP contribution is -2.33. The number of fused-ring (bicyclic) bond motifs is 2. The zero-order chi connectivity index (χ0) is 16.8. The first-order valence-corrected chi connectivity index (χ1v) is 10.00. The van der Waals surface area contributed by atoms with Gasteiger partial charge in [-0.1, -0.05) is 42.1 Å². The fourth-order valence-electron chi connectivity index (χ4n) is 4.50. The summed E-state index contributed by atoms with van der Waals surface area (Å²) in [4.78, 5) is 25.6. The molecule has 0 N–H and O–H groups in total. The predicted octanol–water partition coefficient (Wildman–Crippen LogP) is 3.96. The number of nitrogens with zero attached hydrogens (tertiary/aromatic N) is 3. The van der Waals surface area contributed by atoms with Crippen LogP contribution in [-0.4, -0.2) is 34.8 Å². The van der Waals surface area contributed by atoms with Crippen molar-refractivity contribution in [2.45, 2.75) is 38.1 Å². The third-order valence-electron chi connectivity index (χ3n) is 5.65. The van der Waals surface area contributed by atoms with Gasteiger partial charge in [-0.25, -0.2) is 4.99 Å². The zero-order valence-electron chi connectivity index (χ0n) is 14.1. The average Bonchev–Trinajstić information content (AvgIpc) is 3.31. The van der Waals surface area contributed by atoms with Gasteiger partial charge in [0.05, 0.1) is 11.6 Å². The molecule has 2 unspecified atom stereocenters. The maximum absolute atomic E-state index is 12.6. The summed E-state index contributed by atoms with van der Waals surface area (Å²) in [5.74, 6) is 0.567. The molecule has 1 aromatic carbocycles. The number of amides is 1. The van der Waals surface area contributed by atoms with Gasteiger partial charge in [-0.3, -0.25) is 9.69 Å². The molecule has 5 heteroatoms. The molecule has 1 fully saturated rings. The van der Waals surface area contributed by atoms with Crippen molar-refractivity contribution in [3.63, 3.8) is 0 Å². The second-order valence-corrected chi connectivity index (χ2v) is 8.31. The van der Waals surface area contributed by atoms with E-state index in [9.17, 15) is 4.79 Å². The van der Waals surface area contributed by atoms with Gasteiger partial charge < -0.3 is 0 Å². The molecule has 1 saturated heterocycles. The molecular formula is C20H21N3OS. The van der Waals surface area contributed by atoms with Crippen molar-refractivity contribution in [1.29, 1.82) is 0 Å². The molecule has 3 aliphatic heterocycles. The van der Waals surface area contributed by atoms with Gasteiger partial charge in [0.2, 0.25) is 0 Å². The van der Waals surface area contributed by atoms with Gasteiger partial charge in [0.25, 0.3) is 5.91 Å². The van der Waals surface area contributed by atoms with Gasteiger partial charge in [0.1, 0.15) is 11.8 Å². The molecule has 1 aromatic rings. The normalized spacial score (nSPS) is 28.9. The summed E-state index contributed by atoms with van der Waals surface area (Å²) in [5, 5.41) is 0.982. The lowest BCUT2D eigenvalue weighted by atomic mass is 9.98. The van der Waals surface area contributed by atoms with E-state index >= 15 is 0 Å². The second kappa shape index (κ2) is 6.22. The molecule has 2 atom stereocenters. The van der Waals surface area contributed by atoms with Crippen molar-refractivity contribution in [3.8, 4) is 0 Å². The van der Waals surface area contributed by atoms with E-state index in [0.717, 1.165) is 30.9 Å². The minimum atomic E-state index is -0.144. The van der Waals surface area contributed by atoms with Crippen LogP contribution in [0, 0.1) is 5.92 Å². The molecule has 0 saturated carbocycles. The quantitative estimate of drug-likeness (QED) is 0.828. The van der Waals surface area contributed by atoms with Crippen LogP contribution in [0.1, 0.15) is 43.7 Å². The summed E-state index contributed by atoms with van der Waals surface area (Å²) in [6.45, 7) is 1.72. The van der Waals surface area contributed by atoms with E-state index in [2.05, 4.69) is 40.2 Å². The Morgan fingerprint density at radius 3 is 2.88 bits per heavy atom. The van der Waals surface area contributed by atoms with E-state index in [1.54, 1.807) is 11.8 Å². The smallest absolute Gasteiger partial charge is 0.261 e. The largest absolute Gasteiger partial charge is 0.289 e. The van der Waals surface area contributed by atoms with E-state index in [-0.39, 0.29) is 11.8 Å². The summed E-state index contributed by atoms with van der Waals surface area (Å²) in [6.07, 6.45) is 5.68. The number of aliphatic imine (C=N–C) groups is 2. The molecule has 1 amide bonds. The fourth-order valence-corrected chi connectivity index (χ4v) is 5.86. The number of thioether (sulfide) groups is 1. The summed E-state index contributed by atoms with van der Waals surface area (Å²) in [6, 6.07) is 11.1. The molecule has 0 aromatic heterocycles. The van der Waals surface area contributed by atoms with Crippen molar-refractivity contribution < 1.29 is 4.79 Å². The first-order valence-electron chi connectivity index (χ1n) is 9.18. The van der Waals surface area contributed by atoms with Crippen molar-refractivity contribution >= 4 is 28.5 Å². The maximum atomic E-state index is 12.6. The molecule has 5 rings (SSSR count). The van der Waals surface area contributed by atoms with Crippen LogP contribution < -0.4 is 0 Å². The van der Waals surface area contributed by atoms with Crippen LogP contribution in [0.4, 0.5) is 0 Å². The second-order valence-electron chi connectivity index (χ2n) is 7.19. The Labute approximate surface area is 152 Å². The molecule has 0 spiro atoms. The lowest BCUT2D eigenvalue weighted by molar-refractivity contribution is -0.118. The van der Waals surface area contributed by atoms with Crippen molar-refractivity contribution in [2.75, 3.05) is 13.1 Å². The topological polar surface area (TPSA) is 45.0 Å². The van der Waals surface area contributed by atoms with Crippen molar-refractivity contribution in [3.05, 3.63) is 46.4 Å². The minimum Gasteiger partial charge on any atom is -0.289 e. The highest BCUT2D eigenvalue weighted by Crippen LogP contribution is 2.48. The Bertz CT molecular complexity index is 811. The van der Waals surface area contributed by atoms with Crippen LogP contribution in [0.25, 0.3) is 0 Å². The molecule has 0 radical (unpaired) electrons. The first kappa shape index (κ1) is 15.5. The molecule has 4 aliphatic rings. The monoisotopic (exact) mass is 351 g/mol. The summed E-state index contributed by atoms with van der Waals surface area (Å²) in [5.41, 5.74) is 2.66. The van der Waals surface area contributed by atoms with Crippen molar-refractivity contribution in [2.24, 2.45) is 15.9 Å². The van der Waals surface area contributed by atoms with Crippen molar-refractivity contribution in [1.82, 2.24) is 4.90 Å². The highest BCUT2D eigenvalue weighted by Gasteiger charge is 2.41. The van der Waals surface area contributed by atoms with Gasteiger partial charge in [0.15, 0.2) is 0 Å². The Kier molecular flexibility index (Phi) is 3.86. The van der Waals surface area contributed by atoms with Crippen LogP contribution in [-0.2, 0) is 4.79 Å². The third kappa shape index (κ3) is 2.70. The summed E-state index contributed by atoms with van der Waals surface area (Å²) in [7, 11) is 0. The number of likely N-dealkylation sites (tertiary alicyclic amines) is 1. The van der Waals surface area contributed by atoms with E-state index in [1.807, 2.05) is 0 Å². The number of hydrogen-bond acceptors (Lipinski definition) is 4. The van der Waals surface area contributed by atoms with Gasteiger partial charge in [0, 0.05) is 6.04 Å². The Morgan fingerprint density at radius 1 is 1.12 bits per heavy atom. The van der Waals surface area contributed by atoms with Gasteiger partial charge in [-0.05, 0) is 54.7 Å². The van der Waals surface area contributed by atoms with Crippen LogP contribution in [0.15, 0.2) is 50.8 Å². The van der Waals surface area contributed by atoms with Gasteiger partial charge >= 0.3 is 0 Å². The fraction of sp³-hybridized carbons (Fsp3) is 0.450. The van der Waals surface area contributed by atoms with E-state index < -0.39 is 0 Å². The highest BCUT2D eigenvalue weighted by atomic mass is 32.2. The molecule has 0 bridgehead atoms. The number of carbonyl (C=O) groups excluding carboxylic acids is 1. The number of allylic oxidation sites excluding steroid dienone is 1. The molecule has 128 valence electrons. The Hall–Kier alpha value is -1.72. The lowest BCUT2D eigenvalue weighted by Gasteiger charge is -2.25. The summed E-state index contributed by atoms with van der Waals surface area (Å²) >= 11 is 1.74. The van der Waals surface area contributed by atoms with E-state index in [4.69, 9.17) is 4.99 Å². The molecule has 25 heavy (non-hydrogen) atoms. The number of amidine groups is 1.